The number of ketones is 1. The molecule has 100 valence electrons. The van der Waals surface area contributed by atoms with E-state index in [1.807, 2.05) is 27.0 Å². The molecule has 0 aromatic carbocycles. The first-order valence-corrected chi connectivity index (χ1v) is 6.55. The number of rotatable bonds is 4. The molecule has 2 rings (SSSR count). The molecule has 19 heavy (non-hydrogen) atoms. The lowest BCUT2D eigenvalue weighted by atomic mass is 10.1. The number of hydrogen-bond donors (Lipinski definition) is 0. The third-order valence-electron chi connectivity index (χ3n) is 3.03. The van der Waals surface area contributed by atoms with E-state index in [4.69, 9.17) is 11.6 Å². The molecule has 0 aliphatic carbocycles. The smallest absolute Gasteiger partial charge is 0.170 e. The van der Waals surface area contributed by atoms with E-state index < -0.39 is 0 Å². The average molecular weight is 278 g/mol. The molecule has 0 atom stereocenters. The van der Waals surface area contributed by atoms with Crippen molar-refractivity contribution in [1.82, 2.24) is 14.8 Å². The van der Waals surface area contributed by atoms with Crippen LogP contribution in [0.1, 0.15) is 34.2 Å². The zero-order valence-electron chi connectivity index (χ0n) is 11.3. The van der Waals surface area contributed by atoms with Crippen molar-refractivity contribution in [3.63, 3.8) is 0 Å². The van der Waals surface area contributed by atoms with Crippen LogP contribution in [0, 0.1) is 6.92 Å². The van der Waals surface area contributed by atoms with Crippen LogP contribution in [0.25, 0.3) is 0 Å². The quantitative estimate of drug-likeness (QED) is 0.808. The molecule has 0 aliphatic heterocycles. The summed E-state index contributed by atoms with van der Waals surface area (Å²) in [6.07, 6.45) is 4.31. The second-order valence-corrected chi connectivity index (χ2v) is 4.91. The van der Waals surface area contributed by atoms with Crippen LogP contribution in [0.4, 0.5) is 0 Å². The molecule has 0 bridgehead atoms. The average Bonchev–Trinajstić information content (AvgIpc) is 2.66. The number of carbonyl (C=O) groups excluding carboxylic acids is 1. The Labute approximate surface area is 117 Å². The van der Waals surface area contributed by atoms with Crippen LogP contribution in [-0.4, -0.2) is 20.5 Å². The van der Waals surface area contributed by atoms with Gasteiger partial charge in [0.15, 0.2) is 5.78 Å². The fraction of sp³-hybridized carbons (Fsp3) is 0.357. The summed E-state index contributed by atoms with van der Waals surface area (Å²) in [6.45, 7) is 3.90. The number of Topliss-reactive ketones (excluding diaryl/α,β-unsaturated/α-hetero) is 1. The Morgan fingerprint density at radius 2 is 2.16 bits per heavy atom. The van der Waals surface area contributed by atoms with E-state index >= 15 is 0 Å². The summed E-state index contributed by atoms with van der Waals surface area (Å²) < 4.78 is 1.68. The molecule has 0 N–H and O–H groups in total. The van der Waals surface area contributed by atoms with Gasteiger partial charge in [0.05, 0.1) is 22.8 Å². The molecule has 0 saturated carbocycles. The molecular weight excluding hydrogens is 262 g/mol. The third kappa shape index (κ3) is 2.84. The van der Waals surface area contributed by atoms with E-state index in [0.717, 1.165) is 23.4 Å². The Balaban J connectivity index is 2.27. The largest absolute Gasteiger partial charge is 0.294 e. The number of aromatic nitrogens is 3. The van der Waals surface area contributed by atoms with Crippen LogP contribution in [0.3, 0.4) is 0 Å². The van der Waals surface area contributed by atoms with Gasteiger partial charge >= 0.3 is 0 Å². The molecule has 0 amide bonds. The van der Waals surface area contributed by atoms with Gasteiger partial charge in [-0.3, -0.25) is 14.5 Å². The van der Waals surface area contributed by atoms with Gasteiger partial charge in [-0.1, -0.05) is 18.5 Å². The first-order valence-electron chi connectivity index (χ1n) is 6.18. The van der Waals surface area contributed by atoms with Gasteiger partial charge in [-0.25, -0.2) is 0 Å². The van der Waals surface area contributed by atoms with Crippen molar-refractivity contribution in [1.29, 1.82) is 0 Å². The summed E-state index contributed by atoms with van der Waals surface area (Å²) in [5.74, 6) is 0.00348. The number of aryl methyl sites for hydroxylation is 3. The molecular formula is C14H16ClN3O. The molecule has 4 nitrogen and oxygen atoms in total. The topological polar surface area (TPSA) is 47.8 Å². The Bertz CT molecular complexity index is 619. The van der Waals surface area contributed by atoms with Crippen molar-refractivity contribution in [3.05, 3.63) is 46.0 Å². The summed E-state index contributed by atoms with van der Waals surface area (Å²) in [5, 5.41) is 4.91. The zero-order valence-corrected chi connectivity index (χ0v) is 12.0. The fourth-order valence-electron chi connectivity index (χ4n) is 1.97. The van der Waals surface area contributed by atoms with Crippen LogP contribution in [0.15, 0.2) is 18.5 Å². The maximum Gasteiger partial charge on any atom is 0.170 e. The van der Waals surface area contributed by atoms with E-state index in [-0.39, 0.29) is 12.2 Å². The monoisotopic (exact) mass is 277 g/mol. The zero-order chi connectivity index (χ0) is 14.0. The van der Waals surface area contributed by atoms with Crippen LogP contribution in [0.2, 0.25) is 5.02 Å². The first kappa shape index (κ1) is 13.7. The van der Waals surface area contributed by atoms with Gasteiger partial charge in [-0.15, -0.1) is 0 Å². The molecule has 2 heterocycles. The second-order valence-electron chi connectivity index (χ2n) is 4.54. The predicted molar refractivity (Wildman–Crippen MR) is 74.6 cm³/mol. The Kier molecular flexibility index (Phi) is 4.00. The van der Waals surface area contributed by atoms with E-state index in [1.165, 1.54) is 0 Å². The maximum atomic E-state index is 12.2. The summed E-state index contributed by atoms with van der Waals surface area (Å²) in [7, 11) is 1.81. The molecule has 0 radical (unpaired) electrons. The normalized spacial score (nSPS) is 10.7. The Morgan fingerprint density at radius 3 is 2.74 bits per heavy atom. The second kappa shape index (κ2) is 5.53. The van der Waals surface area contributed by atoms with Gasteiger partial charge in [-0.2, -0.15) is 5.10 Å². The number of pyridine rings is 1. The van der Waals surface area contributed by atoms with E-state index in [0.29, 0.717) is 10.6 Å². The minimum Gasteiger partial charge on any atom is -0.294 e. The van der Waals surface area contributed by atoms with Crippen LogP contribution >= 0.6 is 11.6 Å². The highest BCUT2D eigenvalue weighted by molar-refractivity contribution is 6.32. The van der Waals surface area contributed by atoms with Crippen LogP contribution in [0.5, 0.6) is 0 Å². The fourth-order valence-corrected chi connectivity index (χ4v) is 2.33. The van der Waals surface area contributed by atoms with Gasteiger partial charge in [0.1, 0.15) is 0 Å². The van der Waals surface area contributed by atoms with Crippen molar-refractivity contribution < 1.29 is 4.79 Å². The highest BCUT2D eigenvalue weighted by atomic mass is 35.5. The maximum absolute atomic E-state index is 12.2. The van der Waals surface area contributed by atoms with Crippen molar-refractivity contribution in [2.75, 3.05) is 0 Å². The molecule has 0 saturated heterocycles. The van der Waals surface area contributed by atoms with Crippen molar-refractivity contribution >= 4 is 17.4 Å². The van der Waals surface area contributed by atoms with Gasteiger partial charge in [0.2, 0.25) is 0 Å². The van der Waals surface area contributed by atoms with Crippen molar-refractivity contribution in [2.45, 2.75) is 26.7 Å². The van der Waals surface area contributed by atoms with Gasteiger partial charge in [-0.05, 0) is 25.0 Å². The van der Waals surface area contributed by atoms with Gasteiger partial charge in [0.25, 0.3) is 0 Å². The lowest BCUT2D eigenvalue weighted by molar-refractivity contribution is 0.0990. The van der Waals surface area contributed by atoms with Gasteiger partial charge in [0, 0.05) is 25.0 Å². The van der Waals surface area contributed by atoms with E-state index in [1.54, 1.807) is 17.1 Å². The molecule has 2 aromatic heterocycles. The summed E-state index contributed by atoms with van der Waals surface area (Å²) in [6, 6.07) is 1.83. The lowest BCUT2D eigenvalue weighted by Gasteiger charge is -2.03. The first-order chi connectivity index (χ1) is 9.02. The number of nitrogens with zero attached hydrogens (tertiary/aromatic N) is 3. The molecule has 2 aromatic rings. The van der Waals surface area contributed by atoms with E-state index in [9.17, 15) is 4.79 Å². The number of halogens is 1. The molecule has 0 spiro atoms. The van der Waals surface area contributed by atoms with Crippen molar-refractivity contribution in [3.8, 4) is 0 Å². The van der Waals surface area contributed by atoms with E-state index in [2.05, 4.69) is 10.1 Å². The lowest BCUT2D eigenvalue weighted by Crippen LogP contribution is -2.08. The van der Waals surface area contributed by atoms with Gasteiger partial charge < -0.3 is 0 Å². The minimum atomic E-state index is 0.00348. The van der Waals surface area contributed by atoms with Crippen LogP contribution in [-0.2, 0) is 19.9 Å². The van der Waals surface area contributed by atoms with Crippen LogP contribution < -0.4 is 0 Å². The highest BCUT2D eigenvalue weighted by Gasteiger charge is 2.17. The van der Waals surface area contributed by atoms with Crippen molar-refractivity contribution in [2.24, 2.45) is 7.05 Å². The number of hydrogen-bond acceptors (Lipinski definition) is 3. The Hall–Kier alpha value is -1.68. The summed E-state index contributed by atoms with van der Waals surface area (Å²) >= 11 is 6.24. The SMILES string of the molecule is CCc1nn(C)c(CC(=O)c2cncc(C)c2)c1Cl. The molecule has 0 fully saturated rings. The standard InChI is InChI=1S/C14H16ClN3O/c1-4-11-14(15)12(18(3)17-11)6-13(19)10-5-9(2)7-16-8-10/h5,7-8H,4,6H2,1-3H3. The predicted octanol–water partition coefficient (Wildman–Crippen LogP) is 2.76. The summed E-state index contributed by atoms with van der Waals surface area (Å²) in [5.41, 5.74) is 3.16. The minimum absolute atomic E-state index is 0.00348. The highest BCUT2D eigenvalue weighted by Crippen LogP contribution is 2.22. The Morgan fingerprint density at radius 1 is 1.42 bits per heavy atom. The summed E-state index contributed by atoms with van der Waals surface area (Å²) in [4.78, 5) is 16.3. The number of carbonyl (C=O) groups is 1. The molecule has 0 aliphatic rings. The third-order valence-corrected chi connectivity index (χ3v) is 3.46. The molecule has 0 unspecified atom stereocenters. The molecule has 5 heteroatoms.